The van der Waals surface area contributed by atoms with Crippen molar-refractivity contribution >= 4 is 15.9 Å². The van der Waals surface area contributed by atoms with Crippen LogP contribution in [0.1, 0.15) is 25.7 Å². The lowest BCUT2D eigenvalue weighted by atomic mass is 9.93. The number of pyridine rings is 1. The molecule has 3 nitrogen and oxygen atoms in total. The molecule has 4 heteroatoms. The molecular weight excluding hydrogens is 256 g/mol. The first-order valence-electron chi connectivity index (χ1n) is 5.29. The molecule has 0 saturated heterocycles. The van der Waals surface area contributed by atoms with Crippen molar-refractivity contribution in [1.29, 1.82) is 0 Å². The van der Waals surface area contributed by atoms with Gasteiger partial charge < -0.3 is 10.5 Å². The third-order valence-corrected chi connectivity index (χ3v) is 3.20. The number of aromatic nitrogens is 1. The van der Waals surface area contributed by atoms with Crippen LogP contribution in [0.25, 0.3) is 0 Å². The molecule has 1 aliphatic carbocycles. The van der Waals surface area contributed by atoms with Gasteiger partial charge in [0.25, 0.3) is 0 Å². The molecular formula is C11H15BrN2O. The predicted molar refractivity (Wildman–Crippen MR) is 62.8 cm³/mol. The minimum absolute atomic E-state index is 0.132. The number of rotatable bonds is 2. The Kier molecular flexibility index (Phi) is 3.59. The molecule has 2 N–H and O–H groups in total. The third-order valence-electron chi connectivity index (χ3n) is 2.73. The van der Waals surface area contributed by atoms with E-state index in [1.54, 1.807) is 6.20 Å². The van der Waals surface area contributed by atoms with Gasteiger partial charge in [0.05, 0.1) is 0 Å². The van der Waals surface area contributed by atoms with Gasteiger partial charge in [0.2, 0.25) is 5.88 Å². The summed E-state index contributed by atoms with van der Waals surface area (Å²) in [6, 6.07) is 3.95. The van der Waals surface area contributed by atoms with Gasteiger partial charge in [-0.2, -0.15) is 0 Å². The normalized spacial score (nSPS) is 26.3. The molecule has 1 aromatic heterocycles. The Morgan fingerprint density at radius 2 is 2.13 bits per heavy atom. The number of nitrogens with zero attached hydrogens (tertiary/aromatic N) is 1. The van der Waals surface area contributed by atoms with Crippen LogP contribution < -0.4 is 10.5 Å². The van der Waals surface area contributed by atoms with Crippen LogP contribution in [-0.2, 0) is 0 Å². The SMILES string of the molecule is NC1CCCCC1Oc1ccc(Br)cn1. The zero-order valence-electron chi connectivity index (χ0n) is 8.53. The summed E-state index contributed by atoms with van der Waals surface area (Å²) < 4.78 is 6.73. The minimum Gasteiger partial charge on any atom is -0.473 e. The fourth-order valence-corrected chi connectivity index (χ4v) is 2.09. The summed E-state index contributed by atoms with van der Waals surface area (Å²) in [4.78, 5) is 4.18. The van der Waals surface area contributed by atoms with Crippen LogP contribution in [0.3, 0.4) is 0 Å². The van der Waals surface area contributed by atoms with E-state index in [1.807, 2.05) is 12.1 Å². The van der Waals surface area contributed by atoms with Crippen molar-refractivity contribution in [3.8, 4) is 5.88 Å². The van der Waals surface area contributed by atoms with Gasteiger partial charge in [0.15, 0.2) is 0 Å². The van der Waals surface area contributed by atoms with Crippen LogP contribution in [0, 0.1) is 0 Å². The summed E-state index contributed by atoms with van der Waals surface area (Å²) in [5.74, 6) is 0.667. The molecule has 1 fully saturated rings. The molecule has 1 aliphatic rings. The largest absolute Gasteiger partial charge is 0.473 e. The zero-order chi connectivity index (χ0) is 10.7. The Balaban J connectivity index is 1.98. The van der Waals surface area contributed by atoms with E-state index in [-0.39, 0.29) is 12.1 Å². The van der Waals surface area contributed by atoms with Gasteiger partial charge in [-0.1, -0.05) is 6.42 Å². The average molecular weight is 271 g/mol. The maximum absolute atomic E-state index is 5.99. The van der Waals surface area contributed by atoms with Crippen molar-refractivity contribution < 1.29 is 4.74 Å². The predicted octanol–water partition coefficient (Wildman–Crippen LogP) is 2.49. The van der Waals surface area contributed by atoms with E-state index in [1.165, 1.54) is 12.8 Å². The molecule has 0 bridgehead atoms. The Morgan fingerprint density at radius 3 is 2.80 bits per heavy atom. The molecule has 2 unspecified atom stereocenters. The second kappa shape index (κ2) is 4.94. The van der Waals surface area contributed by atoms with Crippen molar-refractivity contribution in [2.45, 2.75) is 37.8 Å². The number of hydrogen-bond acceptors (Lipinski definition) is 3. The monoisotopic (exact) mass is 270 g/mol. The van der Waals surface area contributed by atoms with Gasteiger partial charge in [-0.25, -0.2) is 4.98 Å². The number of hydrogen-bond donors (Lipinski definition) is 1. The van der Waals surface area contributed by atoms with E-state index in [4.69, 9.17) is 10.5 Å². The molecule has 1 aromatic rings. The van der Waals surface area contributed by atoms with E-state index in [2.05, 4.69) is 20.9 Å². The summed E-state index contributed by atoms with van der Waals surface area (Å²) in [5.41, 5.74) is 5.99. The second-order valence-electron chi connectivity index (χ2n) is 3.92. The fourth-order valence-electron chi connectivity index (χ4n) is 1.86. The molecule has 82 valence electrons. The van der Waals surface area contributed by atoms with Crippen LogP contribution >= 0.6 is 15.9 Å². The number of ether oxygens (including phenoxy) is 1. The Bertz CT molecular complexity index is 315. The van der Waals surface area contributed by atoms with Crippen molar-refractivity contribution in [3.05, 3.63) is 22.8 Å². The molecule has 0 aliphatic heterocycles. The average Bonchev–Trinajstić information content (AvgIpc) is 2.25. The number of nitrogens with two attached hydrogens (primary N) is 1. The zero-order valence-corrected chi connectivity index (χ0v) is 10.1. The Hall–Kier alpha value is -0.610. The topological polar surface area (TPSA) is 48.1 Å². The molecule has 0 spiro atoms. The van der Waals surface area contributed by atoms with E-state index < -0.39 is 0 Å². The molecule has 0 aromatic carbocycles. The van der Waals surface area contributed by atoms with Crippen LogP contribution in [0.4, 0.5) is 0 Å². The van der Waals surface area contributed by atoms with Gasteiger partial charge in [0.1, 0.15) is 6.10 Å². The summed E-state index contributed by atoms with van der Waals surface area (Å²) in [6.45, 7) is 0. The highest BCUT2D eigenvalue weighted by molar-refractivity contribution is 9.10. The minimum atomic E-state index is 0.132. The van der Waals surface area contributed by atoms with Crippen LogP contribution in [0.2, 0.25) is 0 Å². The number of halogens is 1. The molecule has 2 atom stereocenters. The van der Waals surface area contributed by atoms with Gasteiger partial charge in [0, 0.05) is 22.8 Å². The first-order valence-corrected chi connectivity index (χ1v) is 6.09. The van der Waals surface area contributed by atoms with Crippen LogP contribution in [0.5, 0.6) is 5.88 Å². The summed E-state index contributed by atoms with van der Waals surface area (Å²) >= 11 is 3.34. The lowest BCUT2D eigenvalue weighted by Crippen LogP contribution is -2.41. The maximum Gasteiger partial charge on any atom is 0.213 e. The first kappa shape index (κ1) is 10.9. The van der Waals surface area contributed by atoms with E-state index in [0.29, 0.717) is 5.88 Å². The summed E-state index contributed by atoms with van der Waals surface area (Å²) in [7, 11) is 0. The van der Waals surface area contributed by atoms with Crippen molar-refractivity contribution in [2.75, 3.05) is 0 Å². The quantitative estimate of drug-likeness (QED) is 0.899. The third kappa shape index (κ3) is 2.92. The summed E-state index contributed by atoms with van der Waals surface area (Å²) in [6.07, 6.45) is 6.39. The maximum atomic E-state index is 5.99. The van der Waals surface area contributed by atoms with Crippen LogP contribution in [0.15, 0.2) is 22.8 Å². The van der Waals surface area contributed by atoms with Crippen molar-refractivity contribution in [2.24, 2.45) is 5.73 Å². The highest BCUT2D eigenvalue weighted by atomic mass is 79.9. The van der Waals surface area contributed by atoms with Gasteiger partial charge >= 0.3 is 0 Å². The van der Waals surface area contributed by atoms with Crippen LogP contribution in [-0.4, -0.2) is 17.1 Å². The highest BCUT2D eigenvalue weighted by Crippen LogP contribution is 2.22. The lowest BCUT2D eigenvalue weighted by molar-refractivity contribution is 0.127. The molecule has 15 heavy (non-hydrogen) atoms. The van der Waals surface area contributed by atoms with Crippen molar-refractivity contribution in [1.82, 2.24) is 4.98 Å². The van der Waals surface area contributed by atoms with E-state index in [9.17, 15) is 0 Å². The summed E-state index contributed by atoms with van der Waals surface area (Å²) in [5, 5.41) is 0. The lowest BCUT2D eigenvalue weighted by Gasteiger charge is -2.28. The molecule has 1 saturated carbocycles. The van der Waals surface area contributed by atoms with Crippen molar-refractivity contribution in [3.63, 3.8) is 0 Å². The van der Waals surface area contributed by atoms with E-state index >= 15 is 0 Å². The Morgan fingerprint density at radius 1 is 1.33 bits per heavy atom. The van der Waals surface area contributed by atoms with Gasteiger partial charge in [-0.15, -0.1) is 0 Å². The standard InChI is InChI=1S/C11H15BrN2O/c12-8-5-6-11(14-7-8)15-10-4-2-1-3-9(10)13/h5-7,9-10H,1-4,13H2. The van der Waals surface area contributed by atoms with E-state index in [0.717, 1.165) is 17.3 Å². The Labute approximate surface area is 98.2 Å². The highest BCUT2D eigenvalue weighted by Gasteiger charge is 2.23. The first-order chi connectivity index (χ1) is 7.25. The molecule has 1 heterocycles. The molecule has 0 amide bonds. The van der Waals surface area contributed by atoms with Gasteiger partial charge in [-0.3, -0.25) is 0 Å². The smallest absolute Gasteiger partial charge is 0.213 e. The second-order valence-corrected chi connectivity index (χ2v) is 4.83. The molecule has 2 rings (SSSR count). The van der Waals surface area contributed by atoms with Gasteiger partial charge in [-0.05, 0) is 41.3 Å². The molecule has 0 radical (unpaired) electrons. The fraction of sp³-hybridized carbons (Fsp3) is 0.545.